The zero-order chi connectivity index (χ0) is 10.4. The predicted molar refractivity (Wildman–Crippen MR) is 51.4 cm³/mol. The second-order valence-corrected chi connectivity index (χ2v) is 2.91. The van der Waals surface area contributed by atoms with Crippen molar-refractivity contribution < 1.29 is 9.08 Å². The maximum Gasteiger partial charge on any atom is 0.325 e. The number of nitriles is 1. The van der Waals surface area contributed by atoms with E-state index in [9.17, 15) is 4.79 Å². The van der Waals surface area contributed by atoms with E-state index in [1.54, 1.807) is 24.3 Å². The maximum absolute atomic E-state index is 10.7. The summed E-state index contributed by atoms with van der Waals surface area (Å²) >= 11 is 4.87. The van der Waals surface area contributed by atoms with Gasteiger partial charge in [0.05, 0.1) is 18.1 Å². The smallest absolute Gasteiger partial charge is 0.325 e. The summed E-state index contributed by atoms with van der Waals surface area (Å²) in [7, 11) is 0. The lowest BCUT2D eigenvalue weighted by Crippen LogP contribution is -1.98. The van der Waals surface area contributed by atoms with Gasteiger partial charge in [0.25, 0.3) is 0 Å². The van der Waals surface area contributed by atoms with Gasteiger partial charge in [-0.25, -0.2) is 0 Å². The van der Waals surface area contributed by atoms with Crippen LogP contribution in [0.4, 0.5) is 0 Å². The second-order valence-electron chi connectivity index (χ2n) is 2.76. The van der Waals surface area contributed by atoms with Crippen LogP contribution in [0.1, 0.15) is 17.5 Å². The lowest BCUT2D eigenvalue weighted by atomic mass is 10.1. The fourth-order valence-electron chi connectivity index (χ4n) is 1.03. The highest BCUT2D eigenvalue weighted by Gasteiger charge is 2.02. The van der Waals surface area contributed by atoms with E-state index < -0.39 is 5.97 Å². The van der Waals surface area contributed by atoms with E-state index in [0.29, 0.717) is 12.0 Å². The fraction of sp³-hybridized carbons (Fsp3) is 0.200. The molecule has 3 nitrogen and oxygen atoms in total. The summed E-state index contributed by atoms with van der Waals surface area (Å²) in [6, 6.07) is 9.05. The molecule has 1 aromatic carbocycles. The molecule has 4 heteroatoms. The minimum atomic E-state index is -0.448. The molecular weight excluding hydrogens is 202 g/mol. The molecule has 0 spiro atoms. The average Bonchev–Trinajstić information content (AvgIpc) is 2.26. The number of nitrogens with zero attached hydrogens (tertiary/aromatic N) is 1. The average molecular weight is 210 g/mol. The Morgan fingerprint density at radius 2 is 2.07 bits per heavy atom. The highest BCUT2D eigenvalue weighted by molar-refractivity contribution is 6.13. The Labute approximate surface area is 87.0 Å². The Morgan fingerprint density at radius 3 is 2.57 bits per heavy atom. The lowest BCUT2D eigenvalue weighted by molar-refractivity contribution is -0.133. The normalized spacial score (nSPS) is 9.14. The van der Waals surface area contributed by atoms with E-state index >= 15 is 0 Å². The predicted octanol–water partition coefficient (Wildman–Crippen LogP) is 2.19. The number of carbonyl (C=O) groups is 1. The van der Waals surface area contributed by atoms with E-state index in [2.05, 4.69) is 4.29 Å². The van der Waals surface area contributed by atoms with E-state index in [1.807, 2.05) is 6.07 Å². The zero-order valence-electron chi connectivity index (χ0n) is 7.37. The molecule has 0 aromatic heterocycles. The van der Waals surface area contributed by atoms with Gasteiger partial charge in [-0.1, -0.05) is 12.1 Å². The molecule has 0 aliphatic heterocycles. The number of carbonyl (C=O) groups excluding carboxylic acids is 1. The summed E-state index contributed by atoms with van der Waals surface area (Å²) in [5.74, 6) is -0.448. The monoisotopic (exact) mass is 209 g/mol. The van der Waals surface area contributed by atoms with Crippen molar-refractivity contribution >= 4 is 17.8 Å². The Balaban J connectivity index is 2.53. The second kappa shape index (κ2) is 5.25. The van der Waals surface area contributed by atoms with E-state index in [-0.39, 0.29) is 6.42 Å². The van der Waals surface area contributed by atoms with Crippen LogP contribution in [0.15, 0.2) is 24.3 Å². The van der Waals surface area contributed by atoms with Crippen LogP contribution in [0.25, 0.3) is 0 Å². The van der Waals surface area contributed by atoms with E-state index in [0.717, 1.165) is 5.56 Å². The molecule has 0 fully saturated rings. The molecule has 0 bridgehead atoms. The van der Waals surface area contributed by atoms with Crippen molar-refractivity contribution in [1.82, 2.24) is 0 Å². The molecule has 0 saturated carbocycles. The standard InChI is InChI=1S/C10H8ClNO2/c11-14-10(13)6-5-8-1-3-9(7-12)4-2-8/h1-4H,5-6H2. The van der Waals surface area contributed by atoms with Gasteiger partial charge in [0, 0.05) is 0 Å². The third-order valence-electron chi connectivity index (χ3n) is 1.79. The molecule has 0 N–H and O–H groups in total. The van der Waals surface area contributed by atoms with E-state index in [4.69, 9.17) is 17.1 Å². The van der Waals surface area contributed by atoms with Gasteiger partial charge in [0.15, 0.2) is 0 Å². The summed E-state index contributed by atoms with van der Waals surface area (Å²) < 4.78 is 4.00. The van der Waals surface area contributed by atoms with Crippen LogP contribution in [0, 0.1) is 11.3 Å². The Hall–Kier alpha value is -1.53. The van der Waals surface area contributed by atoms with Crippen LogP contribution in [0.3, 0.4) is 0 Å². The molecule has 0 unspecified atom stereocenters. The van der Waals surface area contributed by atoms with Crippen LogP contribution < -0.4 is 0 Å². The number of aryl methyl sites for hydroxylation is 1. The molecule has 0 aliphatic carbocycles. The van der Waals surface area contributed by atoms with E-state index in [1.165, 1.54) is 0 Å². The zero-order valence-corrected chi connectivity index (χ0v) is 8.12. The van der Waals surface area contributed by atoms with Gasteiger partial charge in [-0.2, -0.15) is 5.26 Å². The van der Waals surface area contributed by atoms with Crippen LogP contribution in [-0.4, -0.2) is 5.97 Å². The topological polar surface area (TPSA) is 50.1 Å². The van der Waals surface area contributed by atoms with Crippen LogP contribution in [0.5, 0.6) is 0 Å². The molecule has 14 heavy (non-hydrogen) atoms. The summed E-state index contributed by atoms with van der Waals surface area (Å²) in [5, 5.41) is 8.54. The molecule has 0 atom stereocenters. The summed E-state index contributed by atoms with van der Waals surface area (Å²) in [6.07, 6.45) is 0.812. The van der Waals surface area contributed by atoms with Crippen LogP contribution in [-0.2, 0) is 15.5 Å². The number of hydrogen-bond acceptors (Lipinski definition) is 3. The molecular formula is C10H8ClNO2. The number of rotatable bonds is 3. The Kier molecular flexibility index (Phi) is 3.96. The Bertz CT molecular complexity index is 353. The van der Waals surface area contributed by atoms with Gasteiger partial charge in [-0.3, -0.25) is 4.79 Å². The molecule has 0 aliphatic rings. The van der Waals surface area contributed by atoms with Crippen molar-refractivity contribution in [3.05, 3.63) is 35.4 Å². The lowest BCUT2D eigenvalue weighted by Gasteiger charge is -1.98. The molecule has 1 aromatic rings. The highest BCUT2D eigenvalue weighted by Crippen LogP contribution is 2.06. The molecule has 0 amide bonds. The fourth-order valence-corrected chi connectivity index (χ4v) is 1.11. The minimum absolute atomic E-state index is 0.245. The molecule has 72 valence electrons. The minimum Gasteiger partial charge on any atom is -0.348 e. The van der Waals surface area contributed by atoms with Gasteiger partial charge in [0.2, 0.25) is 0 Å². The number of benzene rings is 1. The third-order valence-corrected chi connectivity index (χ3v) is 1.96. The first kappa shape index (κ1) is 10.6. The van der Waals surface area contributed by atoms with Crippen molar-refractivity contribution in [2.24, 2.45) is 0 Å². The van der Waals surface area contributed by atoms with Crippen LogP contribution in [0.2, 0.25) is 0 Å². The quantitative estimate of drug-likeness (QED) is 0.767. The first-order chi connectivity index (χ1) is 6.76. The van der Waals surface area contributed by atoms with Crippen molar-refractivity contribution in [2.45, 2.75) is 12.8 Å². The van der Waals surface area contributed by atoms with Gasteiger partial charge in [0.1, 0.15) is 11.9 Å². The summed E-state index contributed by atoms with van der Waals surface area (Å²) in [6.45, 7) is 0. The van der Waals surface area contributed by atoms with Crippen molar-refractivity contribution in [3.63, 3.8) is 0 Å². The maximum atomic E-state index is 10.7. The number of halogens is 1. The first-order valence-corrected chi connectivity index (χ1v) is 4.37. The van der Waals surface area contributed by atoms with Gasteiger partial charge >= 0.3 is 5.97 Å². The molecule has 0 heterocycles. The van der Waals surface area contributed by atoms with Gasteiger partial charge in [-0.15, -0.1) is 0 Å². The summed E-state index contributed by atoms with van der Waals surface area (Å²) in [5.41, 5.74) is 1.58. The largest absolute Gasteiger partial charge is 0.348 e. The molecule has 1 rings (SSSR count). The van der Waals surface area contributed by atoms with Gasteiger partial charge in [-0.05, 0) is 24.1 Å². The van der Waals surface area contributed by atoms with Crippen LogP contribution >= 0.6 is 11.9 Å². The molecule has 0 radical (unpaired) electrons. The summed E-state index contributed by atoms with van der Waals surface area (Å²) in [4.78, 5) is 10.7. The molecule has 0 saturated heterocycles. The van der Waals surface area contributed by atoms with Gasteiger partial charge < -0.3 is 4.29 Å². The number of hydrogen-bond donors (Lipinski definition) is 0. The SMILES string of the molecule is N#Cc1ccc(CCC(=O)OCl)cc1. The van der Waals surface area contributed by atoms with Crippen molar-refractivity contribution in [1.29, 1.82) is 5.26 Å². The highest BCUT2D eigenvalue weighted by atomic mass is 35.5. The van der Waals surface area contributed by atoms with Crippen molar-refractivity contribution in [3.8, 4) is 6.07 Å². The first-order valence-electron chi connectivity index (χ1n) is 4.06. The Morgan fingerprint density at radius 1 is 1.43 bits per heavy atom. The van der Waals surface area contributed by atoms with Crippen molar-refractivity contribution in [2.75, 3.05) is 0 Å². The third kappa shape index (κ3) is 3.08.